The Hall–Kier alpha value is -0.160. The highest BCUT2D eigenvalue weighted by atomic mass is 16.5. The molecule has 0 bridgehead atoms. The topological polar surface area (TPSA) is 41.7 Å². The van der Waals surface area contributed by atoms with Crippen molar-refractivity contribution < 1.29 is 4.74 Å². The second kappa shape index (κ2) is 6.85. The molecule has 0 saturated carbocycles. The van der Waals surface area contributed by atoms with E-state index in [1.54, 1.807) is 0 Å². The van der Waals surface area contributed by atoms with Crippen LogP contribution in [0.25, 0.3) is 0 Å². The fourth-order valence-corrected chi connectivity index (χ4v) is 2.63. The molecule has 108 valence electrons. The van der Waals surface area contributed by atoms with Crippen molar-refractivity contribution in [3.8, 4) is 0 Å². The molecule has 1 aliphatic rings. The second-order valence-electron chi connectivity index (χ2n) is 6.08. The Morgan fingerprint density at radius 3 is 2.44 bits per heavy atom. The van der Waals surface area contributed by atoms with Gasteiger partial charge in [-0.3, -0.25) is 9.80 Å². The molecule has 18 heavy (non-hydrogen) atoms. The van der Waals surface area contributed by atoms with E-state index in [-0.39, 0.29) is 5.54 Å². The molecular weight excluding hydrogens is 226 g/mol. The summed E-state index contributed by atoms with van der Waals surface area (Å²) in [5.74, 6) is 0. The van der Waals surface area contributed by atoms with Gasteiger partial charge in [0.05, 0.1) is 12.7 Å². The van der Waals surface area contributed by atoms with Crippen molar-refractivity contribution in [3.05, 3.63) is 0 Å². The Bertz CT molecular complexity index is 245. The lowest BCUT2D eigenvalue weighted by Crippen LogP contribution is -2.55. The van der Waals surface area contributed by atoms with E-state index in [1.807, 2.05) is 0 Å². The van der Waals surface area contributed by atoms with E-state index >= 15 is 0 Å². The molecule has 0 aliphatic carbocycles. The largest absolute Gasteiger partial charge is 0.377 e. The first-order chi connectivity index (χ1) is 8.41. The maximum atomic E-state index is 6.05. The Balaban J connectivity index is 2.49. The molecule has 0 amide bonds. The minimum atomic E-state index is 0.143. The molecule has 1 saturated heterocycles. The minimum absolute atomic E-state index is 0.143. The highest BCUT2D eigenvalue weighted by molar-refractivity contribution is 4.99. The average molecular weight is 257 g/mol. The maximum Gasteiger partial charge on any atom is 0.0597 e. The Morgan fingerprint density at radius 1 is 1.33 bits per heavy atom. The molecular formula is C14H31N3O. The van der Waals surface area contributed by atoms with Gasteiger partial charge in [-0.25, -0.2) is 0 Å². The molecule has 1 unspecified atom stereocenters. The SMILES string of the molecule is CC(C)OCCN(C)C1(CN)CCN(C(C)C)C1. The molecule has 0 radical (unpaired) electrons. The van der Waals surface area contributed by atoms with Gasteiger partial charge in [-0.2, -0.15) is 0 Å². The lowest BCUT2D eigenvalue weighted by molar-refractivity contribution is 0.0360. The molecule has 1 atom stereocenters. The number of hydrogen-bond donors (Lipinski definition) is 1. The third kappa shape index (κ3) is 3.92. The molecule has 1 heterocycles. The first-order valence-electron chi connectivity index (χ1n) is 7.18. The van der Waals surface area contributed by atoms with Gasteiger partial charge in [0.1, 0.15) is 0 Å². The van der Waals surface area contributed by atoms with Gasteiger partial charge in [0.25, 0.3) is 0 Å². The number of ether oxygens (including phenoxy) is 1. The molecule has 0 spiro atoms. The molecule has 4 heteroatoms. The van der Waals surface area contributed by atoms with Crippen LogP contribution in [0, 0.1) is 0 Å². The minimum Gasteiger partial charge on any atom is -0.377 e. The van der Waals surface area contributed by atoms with Crippen molar-refractivity contribution >= 4 is 0 Å². The third-order valence-electron chi connectivity index (χ3n) is 4.16. The van der Waals surface area contributed by atoms with Gasteiger partial charge in [-0.1, -0.05) is 0 Å². The van der Waals surface area contributed by atoms with E-state index in [2.05, 4.69) is 44.5 Å². The van der Waals surface area contributed by atoms with Crippen LogP contribution in [0.5, 0.6) is 0 Å². The van der Waals surface area contributed by atoms with Crippen LogP contribution in [-0.4, -0.2) is 67.3 Å². The molecule has 2 N–H and O–H groups in total. The Labute approximate surface area is 112 Å². The number of likely N-dealkylation sites (tertiary alicyclic amines) is 1. The Morgan fingerprint density at radius 2 is 2.00 bits per heavy atom. The standard InChI is InChI=1S/C14H31N3O/c1-12(2)17-7-6-14(10-15,11-17)16(5)8-9-18-13(3)4/h12-13H,6-11,15H2,1-5H3. The lowest BCUT2D eigenvalue weighted by Gasteiger charge is -2.38. The van der Waals surface area contributed by atoms with E-state index < -0.39 is 0 Å². The number of nitrogens with zero attached hydrogens (tertiary/aromatic N) is 2. The van der Waals surface area contributed by atoms with Crippen molar-refractivity contribution in [3.63, 3.8) is 0 Å². The smallest absolute Gasteiger partial charge is 0.0597 e. The van der Waals surface area contributed by atoms with Gasteiger partial charge in [0.2, 0.25) is 0 Å². The zero-order chi connectivity index (χ0) is 13.8. The van der Waals surface area contributed by atoms with E-state index in [1.165, 1.54) is 6.42 Å². The molecule has 1 fully saturated rings. The summed E-state index contributed by atoms with van der Waals surface area (Å²) in [5.41, 5.74) is 6.20. The van der Waals surface area contributed by atoms with Crippen LogP contribution in [0.2, 0.25) is 0 Å². The number of likely N-dealkylation sites (N-methyl/N-ethyl adjacent to an activating group) is 1. The van der Waals surface area contributed by atoms with Crippen LogP contribution in [0.3, 0.4) is 0 Å². The van der Waals surface area contributed by atoms with Crippen LogP contribution >= 0.6 is 0 Å². The summed E-state index contributed by atoms with van der Waals surface area (Å²) < 4.78 is 5.64. The predicted molar refractivity (Wildman–Crippen MR) is 76.8 cm³/mol. The van der Waals surface area contributed by atoms with E-state index in [9.17, 15) is 0 Å². The normalized spacial score (nSPS) is 25.8. The summed E-state index contributed by atoms with van der Waals surface area (Å²) in [6.45, 7) is 13.4. The summed E-state index contributed by atoms with van der Waals surface area (Å²) in [6, 6.07) is 0.610. The fourth-order valence-electron chi connectivity index (χ4n) is 2.63. The predicted octanol–water partition coefficient (Wildman–Crippen LogP) is 1.15. The fraction of sp³-hybridized carbons (Fsp3) is 1.00. The van der Waals surface area contributed by atoms with Gasteiger partial charge in [-0.15, -0.1) is 0 Å². The van der Waals surface area contributed by atoms with Crippen molar-refractivity contribution in [2.24, 2.45) is 5.73 Å². The number of nitrogens with two attached hydrogens (primary N) is 1. The molecule has 0 aromatic heterocycles. The second-order valence-corrected chi connectivity index (χ2v) is 6.08. The quantitative estimate of drug-likeness (QED) is 0.743. The third-order valence-corrected chi connectivity index (χ3v) is 4.16. The molecule has 1 rings (SSSR count). The van der Waals surface area contributed by atoms with Crippen LogP contribution in [0.15, 0.2) is 0 Å². The van der Waals surface area contributed by atoms with Gasteiger partial charge in [-0.05, 0) is 41.2 Å². The molecule has 1 aliphatic heterocycles. The molecule has 0 aromatic carbocycles. The first-order valence-corrected chi connectivity index (χ1v) is 7.18. The van der Waals surface area contributed by atoms with Crippen LogP contribution in [0.4, 0.5) is 0 Å². The monoisotopic (exact) mass is 257 g/mol. The summed E-state index contributed by atoms with van der Waals surface area (Å²) in [5, 5.41) is 0. The highest BCUT2D eigenvalue weighted by Gasteiger charge is 2.40. The molecule has 4 nitrogen and oxygen atoms in total. The van der Waals surface area contributed by atoms with Gasteiger partial charge < -0.3 is 10.5 Å². The average Bonchev–Trinajstić information content (AvgIpc) is 2.74. The zero-order valence-electron chi connectivity index (χ0n) is 12.8. The van der Waals surface area contributed by atoms with Crippen molar-refractivity contribution in [1.82, 2.24) is 9.80 Å². The van der Waals surface area contributed by atoms with Gasteiger partial charge >= 0.3 is 0 Å². The van der Waals surface area contributed by atoms with E-state index in [4.69, 9.17) is 10.5 Å². The van der Waals surface area contributed by atoms with E-state index in [0.717, 1.165) is 32.8 Å². The summed E-state index contributed by atoms with van der Waals surface area (Å²) in [4.78, 5) is 4.92. The van der Waals surface area contributed by atoms with Crippen LogP contribution < -0.4 is 5.73 Å². The zero-order valence-corrected chi connectivity index (χ0v) is 12.8. The van der Waals surface area contributed by atoms with Crippen molar-refractivity contribution in [1.29, 1.82) is 0 Å². The highest BCUT2D eigenvalue weighted by Crippen LogP contribution is 2.27. The summed E-state index contributed by atoms with van der Waals surface area (Å²) in [7, 11) is 2.18. The lowest BCUT2D eigenvalue weighted by atomic mass is 9.97. The van der Waals surface area contributed by atoms with Gasteiger partial charge in [0.15, 0.2) is 0 Å². The summed E-state index contributed by atoms with van der Waals surface area (Å²) >= 11 is 0. The van der Waals surface area contributed by atoms with Crippen LogP contribution in [-0.2, 0) is 4.74 Å². The summed E-state index contributed by atoms with van der Waals surface area (Å²) in [6.07, 6.45) is 1.47. The van der Waals surface area contributed by atoms with Crippen molar-refractivity contribution in [2.45, 2.75) is 51.8 Å². The van der Waals surface area contributed by atoms with Crippen LogP contribution in [0.1, 0.15) is 34.1 Å². The number of rotatable bonds is 7. The first kappa shape index (κ1) is 15.9. The van der Waals surface area contributed by atoms with E-state index in [0.29, 0.717) is 12.1 Å². The Kier molecular flexibility index (Phi) is 6.05. The molecule has 0 aromatic rings. The van der Waals surface area contributed by atoms with Crippen molar-refractivity contribution in [2.75, 3.05) is 39.8 Å². The van der Waals surface area contributed by atoms with Gasteiger partial charge in [0, 0.05) is 37.8 Å². The number of hydrogen-bond acceptors (Lipinski definition) is 4. The maximum absolute atomic E-state index is 6.05.